The molecule has 6 nitrogen and oxygen atoms in total. The maximum atomic E-state index is 11.7. The standard InChI is InChI=1S/C16H17N3O3S3/c1-4-22-16(21)11-7-24-14(19-11)9-5-23-13(17-9)10-6-25-15(18-10)12(20)8(2)3/h5-8,12,20H,4H2,1-3H3/t12-/m1/s1. The molecule has 0 radical (unpaired) electrons. The molecule has 3 rings (SSSR count). The molecular formula is C16H17N3O3S3. The van der Waals surface area contributed by atoms with Crippen LogP contribution in [0.3, 0.4) is 0 Å². The first-order valence-electron chi connectivity index (χ1n) is 7.72. The van der Waals surface area contributed by atoms with Crippen LogP contribution in [0.15, 0.2) is 16.1 Å². The van der Waals surface area contributed by atoms with E-state index in [1.54, 1.807) is 12.3 Å². The lowest BCUT2D eigenvalue weighted by Crippen LogP contribution is -2.04. The molecule has 9 heteroatoms. The molecular weight excluding hydrogens is 378 g/mol. The zero-order valence-corrected chi connectivity index (χ0v) is 16.4. The summed E-state index contributed by atoms with van der Waals surface area (Å²) in [6, 6.07) is 0. The first kappa shape index (κ1) is 18.1. The van der Waals surface area contributed by atoms with E-state index < -0.39 is 12.1 Å². The molecule has 0 aliphatic heterocycles. The van der Waals surface area contributed by atoms with Crippen molar-refractivity contribution in [3.05, 3.63) is 26.8 Å². The fraction of sp³-hybridized carbons (Fsp3) is 0.375. The maximum Gasteiger partial charge on any atom is 0.357 e. The van der Waals surface area contributed by atoms with Crippen LogP contribution >= 0.6 is 34.0 Å². The molecule has 25 heavy (non-hydrogen) atoms. The monoisotopic (exact) mass is 395 g/mol. The molecule has 3 aromatic rings. The smallest absolute Gasteiger partial charge is 0.357 e. The molecule has 0 aromatic carbocycles. The van der Waals surface area contributed by atoms with Crippen molar-refractivity contribution in [3.8, 4) is 21.4 Å². The Balaban J connectivity index is 1.80. The SMILES string of the molecule is CCOC(=O)c1csc(-c2csc(-c3csc([C@H](O)C(C)C)n3)n2)n1. The molecule has 0 amide bonds. The van der Waals surface area contributed by atoms with Gasteiger partial charge < -0.3 is 9.84 Å². The fourth-order valence-corrected chi connectivity index (χ4v) is 4.61. The third kappa shape index (κ3) is 3.95. The number of rotatable bonds is 6. The minimum atomic E-state index is -0.565. The van der Waals surface area contributed by atoms with E-state index in [2.05, 4.69) is 15.0 Å². The van der Waals surface area contributed by atoms with Crippen LogP contribution in [0.25, 0.3) is 21.4 Å². The summed E-state index contributed by atoms with van der Waals surface area (Å²) in [5.74, 6) is -0.310. The van der Waals surface area contributed by atoms with Crippen LogP contribution in [0.4, 0.5) is 0 Å². The van der Waals surface area contributed by atoms with Gasteiger partial charge in [-0.15, -0.1) is 34.0 Å². The molecule has 0 spiro atoms. The normalized spacial score (nSPS) is 12.5. The van der Waals surface area contributed by atoms with E-state index in [1.165, 1.54) is 34.0 Å². The Labute approximate surface area is 157 Å². The van der Waals surface area contributed by atoms with E-state index in [0.717, 1.165) is 10.7 Å². The molecule has 0 aliphatic rings. The Kier molecular flexibility index (Phi) is 5.57. The van der Waals surface area contributed by atoms with Crippen molar-refractivity contribution >= 4 is 40.0 Å². The predicted molar refractivity (Wildman–Crippen MR) is 100 cm³/mol. The molecule has 0 saturated carbocycles. The van der Waals surface area contributed by atoms with Crippen molar-refractivity contribution in [2.24, 2.45) is 5.92 Å². The zero-order valence-electron chi connectivity index (χ0n) is 13.9. The number of nitrogens with zero attached hydrogens (tertiary/aromatic N) is 3. The molecule has 0 aliphatic carbocycles. The fourth-order valence-electron chi connectivity index (χ4n) is 1.99. The highest BCUT2D eigenvalue weighted by Crippen LogP contribution is 2.33. The van der Waals surface area contributed by atoms with Gasteiger partial charge in [-0.25, -0.2) is 19.7 Å². The highest BCUT2D eigenvalue weighted by molar-refractivity contribution is 7.16. The number of aliphatic hydroxyl groups is 1. The van der Waals surface area contributed by atoms with Gasteiger partial charge in [0, 0.05) is 16.1 Å². The molecule has 0 fully saturated rings. The van der Waals surface area contributed by atoms with Gasteiger partial charge in [0.2, 0.25) is 0 Å². The summed E-state index contributed by atoms with van der Waals surface area (Å²) >= 11 is 4.25. The third-order valence-corrected chi connectivity index (χ3v) is 5.98. The van der Waals surface area contributed by atoms with E-state index in [9.17, 15) is 9.90 Å². The Bertz CT molecular complexity index is 869. The van der Waals surface area contributed by atoms with E-state index in [4.69, 9.17) is 4.74 Å². The molecule has 132 valence electrons. The quantitative estimate of drug-likeness (QED) is 0.628. The summed E-state index contributed by atoms with van der Waals surface area (Å²) in [6.07, 6.45) is -0.565. The first-order valence-corrected chi connectivity index (χ1v) is 10.4. The number of aromatic nitrogens is 3. The number of aliphatic hydroxyl groups excluding tert-OH is 1. The Morgan fingerprint density at radius 1 is 1.08 bits per heavy atom. The van der Waals surface area contributed by atoms with Crippen LogP contribution in [0.5, 0.6) is 0 Å². The number of carbonyl (C=O) groups is 1. The molecule has 0 bridgehead atoms. The van der Waals surface area contributed by atoms with Gasteiger partial charge in [-0.2, -0.15) is 0 Å². The van der Waals surface area contributed by atoms with Gasteiger partial charge in [0.25, 0.3) is 0 Å². The van der Waals surface area contributed by atoms with Crippen LogP contribution < -0.4 is 0 Å². The summed E-state index contributed by atoms with van der Waals surface area (Å²) in [6.45, 7) is 5.99. The Hall–Kier alpha value is -1.68. The van der Waals surface area contributed by atoms with E-state index in [-0.39, 0.29) is 5.92 Å². The van der Waals surface area contributed by atoms with Gasteiger partial charge >= 0.3 is 5.97 Å². The predicted octanol–water partition coefficient (Wildman–Crippen LogP) is 4.26. The van der Waals surface area contributed by atoms with Crippen LogP contribution in [-0.2, 0) is 4.74 Å². The second-order valence-electron chi connectivity index (χ2n) is 5.56. The van der Waals surface area contributed by atoms with Crippen molar-refractivity contribution < 1.29 is 14.6 Å². The molecule has 0 saturated heterocycles. The lowest BCUT2D eigenvalue weighted by molar-refractivity contribution is 0.0520. The van der Waals surface area contributed by atoms with Crippen LogP contribution in [0, 0.1) is 5.92 Å². The van der Waals surface area contributed by atoms with Crippen molar-refractivity contribution in [1.82, 2.24) is 15.0 Å². The summed E-state index contributed by atoms with van der Waals surface area (Å²) < 4.78 is 4.95. The average Bonchev–Trinajstić information content (AvgIpc) is 3.32. The van der Waals surface area contributed by atoms with Crippen LogP contribution in [-0.4, -0.2) is 32.6 Å². The van der Waals surface area contributed by atoms with Gasteiger partial charge in [-0.05, 0) is 12.8 Å². The largest absolute Gasteiger partial charge is 0.461 e. The summed E-state index contributed by atoms with van der Waals surface area (Å²) in [7, 11) is 0. The number of thiazole rings is 3. The van der Waals surface area contributed by atoms with Crippen molar-refractivity contribution in [2.45, 2.75) is 26.9 Å². The maximum absolute atomic E-state index is 11.7. The number of esters is 1. The Morgan fingerprint density at radius 2 is 1.72 bits per heavy atom. The lowest BCUT2D eigenvalue weighted by atomic mass is 10.1. The van der Waals surface area contributed by atoms with Gasteiger partial charge in [0.05, 0.1) is 6.61 Å². The number of hydrogen-bond donors (Lipinski definition) is 1. The summed E-state index contributed by atoms with van der Waals surface area (Å²) in [5.41, 5.74) is 1.75. The molecule has 1 atom stereocenters. The minimum absolute atomic E-state index is 0.113. The van der Waals surface area contributed by atoms with Crippen LogP contribution in [0.2, 0.25) is 0 Å². The third-order valence-electron chi connectivity index (χ3n) is 3.34. The highest BCUT2D eigenvalue weighted by Gasteiger charge is 2.19. The van der Waals surface area contributed by atoms with Gasteiger partial charge in [-0.3, -0.25) is 0 Å². The highest BCUT2D eigenvalue weighted by atomic mass is 32.1. The van der Waals surface area contributed by atoms with E-state index >= 15 is 0 Å². The number of hydrogen-bond acceptors (Lipinski definition) is 9. The van der Waals surface area contributed by atoms with Gasteiger partial charge in [0.15, 0.2) is 5.69 Å². The zero-order chi connectivity index (χ0) is 18.0. The van der Waals surface area contributed by atoms with Crippen molar-refractivity contribution in [2.75, 3.05) is 6.61 Å². The van der Waals surface area contributed by atoms with Gasteiger partial charge in [0.1, 0.15) is 32.5 Å². The Morgan fingerprint density at radius 3 is 2.44 bits per heavy atom. The second-order valence-corrected chi connectivity index (χ2v) is 8.16. The van der Waals surface area contributed by atoms with Gasteiger partial charge in [-0.1, -0.05) is 13.8 Å². The molecule has 1 N–H and O–H groups in total. The summed E-state index contributed by atoms with van der Waals surface area (Å²) in [4.78, 5) is 25.1. The van der Waals surface area contributed by atoms with Crippen molar-refractivity contribution in [3.63, 3.8) is 0 Å². The lowest BCUT2D eigenvalue weighted by Gasteiger charge is -2.10. The first-order chi connectivity index (χ1) is 12.0. The van der Waals surface area contributed by atoms with E-state index in [0.29, 0.717) is 28.0 Å². The number of carbonyl (C=O) groups excluding carboxylic acids is 1. The topological polar surface area (TPSA) is 85.2 Å². The second kappa shape index (κ2) is 7.69. The molecule has 0 unspecified atom stereocenters. The van der Waals surface area contributed by atoms with E-state index in [1.807, 2.05) is 24.6 Å². The average molecular weight is 396 g/mol. The molecule has 3 aromatic heterocycles. The number of ether oxygens (including phenoxy) is 1. The minimum Gasteiger partial charge on any atom is -0.461 e. The van der Waals surface area contributed by atoms with Crippen LogP contribution in [0.1, 0.15) is 42.4 Å². The summed E-state index contributed by atoms with van der Waals surface area (Å²) in [5, 5.41) is 17.7. The van der Waals surface area contributed by atoms with Crippen molar-refractivity contribution in [1.29, 1.82) is 0 Å². The molecule has 3 heterocycles.